The van der Waals surface area contributed by atoms with Crippen molar-refractivity contribution in [2.24, 2.45) is 0 Å². The predicted octanol–water partition coefficient (Wildman–Crippen LogP) is 21.7. The molecule has 0 fully saturated rings. The second kappa shape index (κ2) is 19.5. The summed E-state index contributed by atoms with van der Waals surface area (Å²) in [4.78, 5) is 4.72. The summed E-state index contributed by atoms with van der Waals surface area (Å²) in [6, 6.07) is 106. The average molecular weight is 1010 g/mol. The van der Waals surface area contributed by atoms with Gasteiger partial charge in [-0.2, -0.15) is 0 Å². The molecule has 2 aromatic heterocycles. The number of hydrogen-bond acceptors (Lipinski definition) is 4. The summed E-state index contributed by atoms with van der Waals surface area (Å²) in [5.74, 6) is 0. The fourth-order valence-electron chi connectivity index (χ4n) is 10.9. The van der Waals surface area contributed by atoms with Crippen molar-refractivity contribution in [2.75, 3.05) is 9.80 Å². The minimum atomic E-state index is 1.09. The SMILES string of the molecule is c1ccc(-c2ccc(N(c3ccc(-c4ccccc4)cc3)c3ccc(-c4ccc(N(c5ccc(-c6cccc7c6sc6ccccc67)cc5)c5ccc(-c6cccc7c6sc6ccccc67)cc5)cc4)cc3)cc2)cc1. The summed E-state index contributed by atoms with van der Waals surface area (Å²) in [5.41, 5.74) is 18.6. The van der Waals surface area contributed by atoms with Gasteiger partial charge in [-0.3, -0.25) is 0 Å². The Hall–Kier alpha value is -9.32. The molecule has 0 atom stereocenters. The molecule has 14 aromatic rings. The zero-order valence-corrected chi connectivity index (χ0v) is 43.1. The van der Waals surface area contributed by atoms with Crippen LogP contribution < -0.4 is 9.80 Å². The van der Waals surface area contributed by atoms with E-state index in [1.54, 1.807) is 0 Å². The highest BCUT2D eigenvalue weighted by Gasteiger charge is 2.18. The van der Waals surface area contributed by atoms with Gasteiger partial charge in [0.25, 0.3) is 0 Å². The highest BCUT2D eigenvalue weighted by molar-refractivity contribution is 7.26. The molecule has 0 radical (unpaired) electrons. The van der Waals surface area contributed by atoms with Crippen LogP contribution in [0.5, 0.6) is 0 Å². The fourth-order valence-corrected chi connectivity index (χ4v) is 13.4. The Balaban J connectivity index is 0.803. The van der Waals surface area contributed by atoms with Crippen molar-refractivity contribution in [1.29, 1.82) is 0 Å². The average Bonchev–Trinajstić information content (AvgIpc) is 4.10. The Morgan fingerprint density at radius 1 is 0.184 bits per heavy atom. The van der Waals surface area contributed by atoms with Gasteiger partial charge in [0, 0.05) is 74.5 Å². The van der Waals surface area contributed by atoms with Gasteiger partial charge >= 0.3 is 0 Å². The second-order valence-electron chi connectivity index (χ2n) is 19.2. The highest BCUT2D eigenvalue weighted by atomic mass is 32.1. The van der Waals surface area contributed by atoms with Crippen LogP contribution in [0.25, 0.3) is 96.0 Å². The lowest BCUT2D eigenvalue weighted by atomic mass is 10.0. The topological polar surface area (TPSA) is 6.48 Å². The van der Waals surface area contributed by atoms with Gasteiger partial charge < -0.3 is 9.80 Å². The molecule has 0 N–H and O–H groups in total. The number of thiophene rings is 2. The van der Waals surface area contributed by atoms with Crippen molar-refractivity contribution in [3.05, 3.63) is 291 Å². The zero-order valence-electron chi connectivity index (χ0n) is 41.4. The van der Waals surface area contributed by atoms with E-state index in [2.05, 4.69) is 301 Å². The maximum absolute atomic E-state index is 2.38. The van der Waals surface area contributed by atoms with Crippen LogP contribution in [-0.2, 0) is 0 Å². The summed E-state index contributed by atoms with van der Waals surface area (Å²) < 4.78 is 5.28. The molecule has 0 saturated heterocycles. The quantitative estimate of drug-likeness (QED) is 0.127. The first-order valence-corrected chi connectivity index (χ1v) is 27.4. The number of anilines is 6. The van der Waals surface area contributed by atoms with E-state index >= 15 is 0 Å². The van der Waals surface area contributed by atoms with E-state index in [1.165, 1.54) is 84.9 Å². The summed E-state index contributed by atoms with van der Waals surface area (Å²) >= 11 is 3.75. The van der Waals surface area contributed by atoms with Gasteiger partial charge in [0.1, 0.15) is 0 Å². The van der Waals surface area contributed by atoms with Crippen LogP contribution in [0.1, 0.15) is 0 Å². The molecule has 0 aliphatic carbocycles. The Morgan fingerprint density at radius 2 is 0.434 bits per heavy atom. The van der Waals surface area contributed by atoms with Crippen LogP contribution in [0.2, 0.25) is 0 Å². The molecule has 0 spiro atoms. The van der Waals surface area contributed by atoms with Crippen LogP contribution in [0, 0.1) is 0 Å². The van der Waals surface area contributed by atoms with Crippen LogP contribution in [0.15, 0.2) is 291 Å². The highest BCUT2D eigenvalue weighted by Crippen LogP contribution is 2.45. The van der Waals surface area contributed by atoms with E-state index in [4.69, 9.17) is 0 Å². The summed E-state index contributed by atoms with van der Waals surface area (Å²) in [6.45, 7) is 0. The van der Waals surface area contributed by atoms with E-state index in [9.17, 15) is 0 Å². The van der Waals surface area contributed by atoms with Gasteiger partial charge in [0.15, 0.2) is 0 Å². The molecule has 2 nitrogen and oxygen atoms in total. The van der Waals surface area contributed by atoms with Gasteiger partial charge in [-0.15, -0.1) is 22.7 Å². The molecule has 12 aromatic carbocycles. The normalized spacial score (nSPS) is 11.4. The van der Waals surface area contributed by atoms with Crippen molar-refractivity contribution >= 4 is 97.1 Å². The molecule has 14 rings (SSSR count). The van der Waals surface area contributed by atoms with Gasteiger partial charge in [-0.05, 0) is 141 Å². The van der Waals surface area contributed by atoms with E-state index in [0.29, 0.717) is 0 Å². The fraction of sp³-hybridized carbons (Fsp3) is 0. The molecular formula is C72H48N2S2. The molecule has 2 heterocycles. The third kappa shape index (κ3) is 8.40. The lowest BCUT2D eigenvalue weighted by Gasteiger charge is -2.27. The van der Waals surface area contributed by atoms with E-state index in [-0.39, 0.29) is 0 Å². The van der Waals surface area contributed by atoms with Gasteiger partial charge in [0.2, 0.25) is 0 Å². The van der Waals surface area contributed by atoms with Crippen LogP contribution in [-0.4, -0.2) is 0 Å². The van der Waals surface area contributed by atoms with E-state index in [0.717, 1.165) is 45.3 Å². The standard InChI is InChI=1S/C72H48N2S2/c1-3-13-49(14-4-1)51-25-37-57(38-26-51)73(58-39-27-52(28-40-58)50-15-5-2-6-16-50)59-41-29-53(30-42-59)54-31-43-60(44-32-54)74(61-45-33-55(34-46-61)63-19-11-21-67-65-17-7-9-23-69(65)75-71(63)67)62-47-35-56(36-48-62)64-20-12-22-68-66-18-8-10-24-70(66)76-72(64)68/h1-48H. The molecule has 0 aliphatic heterocycles. The lowest BCUT2D eigenvalue weighted by Crippen LogP contribution is -2.10. The van der Waals surface area contributed by atoms with Crippen molar-refractivity contribution in [3.63, 3.8) is 0 Å². The monoisotopic (exact) mass is 1000 g/mol. The van der Waals surface area contributed by atoms with Crippen molar-refractivity contribution in [3.8, 4) is 55.6 Å². The van der Waals surface area contributed by atoms with Gasteiger partial charge in [-0.1, -0.05) is 206 Å². The molecule has 0 unspecified atom stereocenters. The third-order valence-electron chi connectivity index (χ3n) is 14.7. The Morgan fingerprint density at radius 3 is 0.750 bits per heavy atom. The molecular weight excluding hydrogens is 957 g/mol. The molecule has 0 aliphatic rings. The Labute approximate surface area is 450 Å². The lowest BCUT2D eigenvalue weighted by molar-refractivity contribution is 1.28. The smallest absolute Gasteiger partial charge is 0.0462 e. The summed E-state index contributed by atoms with van der Waals surface area (Å²) in [6.07, 6.45) is 0. The van der Waals surface area contributed by atoms with Gasteiger partial charge in [0.05, 0.1) is 0 Å². The Bertz CT molecular complexity index is 4090. The van der Waals surface area contributed by atoms with Crippen LogP contribution in [0.4, 0.5) is 34.1 Å². The zero-order chi connectivity index (χ0) is 50.4. The third-order valence-corrected chi connectivity index (χ3v) is 17.2. The predicted molar refractivity (Wildman–Crippen MR) is 329 cm³/mol. The number of rotatable bonds is 11. The second-order valence-corrected chi connectivity index (χ2v) is 21.3. The first-order chi connectivity index (χ1) is 37.7. The molecule has 0 amide bonds. The number of fused-ring (bicyclic) bond motifs is 6. The van der Waals surface area contributed by atoms with Crippen molar-refractivity contribution in [2.45, 2.75) is 0 Å². The van der Waals surface area contributed by atoms with E-state index in [1.807, 2.05) is 22.7 Å². The minimum Gasteiger partial charge on any atom is -0.311 e. The first kappa shape index (κ1) is 45.3. The van der Waals surface area contributed by atoms with Crippen LogP contribution >= 0.6 is 22.7 Å². The minimum absolute atomic E-state index is 1.09. The molecule has 0 bridgehead atoms. The molecule has 0 saturated carbocycles. The number of hydrogen-bond donors (Lipinski definition) is 0. The van der Waals surface area contributed by atoms with Crippen molar-refractivity contribution < 1.29 is 0 Å². The van der Waals surface area contributed by atoms with E-state index < -0.39 is 0 Å². The maximum Gasteiger partial charge on any atom is 0.0462 e. The van der Waals surface area contributed by atoms with Crippen molar-refractivity contribution in [1.82, 2.24) is 0 Å². The van der Waals surface area contributed by atoms with Crippen LogP contribution in [0.3, 0.4) is 0 Å². The number of nitrogens with zero attached hydrogens (tertiary/aromatic N) is 2. The van der Waals surface area contributed by atoms with Gasteiger partial charge in [-0.25, -0.2) is 0 Å². The molecule has 358 valence electrons. The largest absolute Gasteiger partial charge is 0.311 e. The number of benzene rings is 12. The summed E-state index contributed by atoms with van der Waals surface area (Å²) in [7, 11) is 0. The maximum atomic E-state index is 2.38. The first-order valence-electron chi connectivity index (χ1n) is 25.8. The molecule has 76 heavy (non-hydrogen) atoms. The molecule has 4 heteroatoms. The summed E-state index contributed by atoms with van der Waals surface area (Å²) in [5, 5.41) is 5.25. The Kier molecular flexibility index (Phi) is 11.6.